The van der Waals surface area contributed by atoms with Gasteiger partial charge in [0.05, 0.1) is 23.2 Å². The summed E-state index contributed by atoms with van der Waals surface area (Å²) in [4.78, 5) is 72.4. The molecule has 5 N–H and O–H groups in total. The van der Waals surface area contributed by atoms with E-state index in [1.807, 2.05) is 36.4 Å². The van der Waals surface area contributed by atoms with Crippen LogP contribution >= 0.6 is 0 Å². The van der Waals surface area contributed by atoms with Crippen molar-refractivity contribution in [2.75, 3.05) is 19.4 Å². The average molecular weight is 597 g/mol. The van der Waals surface area contributed by atoms with Crippen LogP contribution in [0, 0.1) is 23.7 Å². The van der Waals surface area contributed by atoms with E-state index in [4.69, 9.17) is 5.73 Å². The molecule has 2 fully saturated rings. The van der Waals surface area contributed by atoms with E-state index in [1.165, 1.54) is 11.0 Å². The monoisotopic (exact) mass is 596 g/mol. The molecule has 1 heterocycles. The van der Waals surface area contributed by atoms with Crippen LogP contribution in [0.4, 0.5) is 5.69 Å². The lowest BCUT2D eigenvalue weighted by Crippen LogP contribution is -2.74. The second-order valence-electron chi connectivity index (χ2n) is 12.1. The first-order valence-electron chi connectivity index (χ1n) is 14.4. The summed E-state index contributed by atoms with van der Waals surface area (Å²) in [6.07, 6.45) is 3.62. The van der Waals surface area contributed by atoms with Gasteiger partial charge in [-0.25, -0.2) is 0 Å². The van der Waals surface area contributed by atoms with Crippen molar-refractivity contribution >= 4 is 34.7 Å². The molecule has 3 aliphatic carbocycles. The molecule has 0 bridgehead atoms. The smallest absolute Gasteiger partial charge is 0.235 e. The van der Waals surface area contributed by atoms with Crippen LogP contribution in [0.15, 0.2) is 60.9 Å². The fourth-order valence-corrected chi connectivity index (χ4v) is 7.35. The van der Waals surface area contributed by atoms with Gasteiger partial charge in [-0.1, -0.05) is 30.3 Å². The van der Waals surface area contributed by atoms with E-state index < -0.39 is 64.4 Å². The number of hydrogen-bond donors (Lipinski definition) is 4. The van der Waals surface area contributed by atoms with Gasteiger partial charge < -0.3 is 21.3 Å². The van der Waals surface area contributed by atoms with Gasteiger partial charge in [0.25, 0.3) is 0 Å². The highest BCUT2D eigenvalue weighted by molar-refractivity contribution is 6.32. The number of nitrogens with one attached hydrogen (secondary N) is 1. The minimum Gasteiger partial charge on any atom is -0.507 e. The third-order valence-corrected chi connectivity index (χ3v) is 9.37. The van der Waals surface area contributed by atoms with Crippen molar-refractivity contribution in [1.82, 2.24) is 9.88 Å². The molecular weight excluding hydrogens is 564 g/mol. The molecule has 1 amide bonds. The first-order chi connectivity index (χ1) is 20.9. The number of aromatic nitrogens is 1. The second-order valence-corrected chi connectivity index (χ2v) is 12.1. The number of aromatic hydroxyl groups is 1. The summed E-state index contributed by atoms with van der Waals surface area (Å²) in [7, 11) is 3.11. The highest BCUT2D eigenvalue weighted by Crippen LogP contribution is 2.51. The topological polar surface area (TPSA) is 180 Å². The summed E-state index contributed by atoms with van der Waals surface area (Å²) in [6, 6.07) is 13.5. The maximum absolute atomic E-state index is 14.0. The number of primary amides is 1. The van der Waals surface area contributed by atoms with Crippen molar-refractivity contribution in [2.24, 2.45) is 29.4 Å². The van der Waals surface area contributed by atoms with Crippen molar-refractivity contribution in [1.29, 1.82) is 0 Å². The molecule has 0 aliphatic heterocycles. The van der Waals surface area contributed by atoms with Crippen LogP contribution in [0.1, 0.15) is 27.9 Å². The molecule has 3 aliphatic rings. The van der Waals surface area contributed by atoms with Crippen LogP contribution in [-0.2, 0) is 32.1 Å². The number of ketones is 4. The second kappa shape index (κ2) is 10.8. The number of hydrogen-bond acceptors (Lipinski definition) is 10. The number of nitrogens with zero attached hydrogens (tertiary/aromatic N) is 2. The third-order valence-electron chi connectivity index (χ3n) is 9.37. The number of carbonyl (C=O) groups is 5. The Morgan fingerprint density at radius 3 is 2.43 bits per heavy atom. The number of carbonyl (C=O) groups excluding carboxylic acids is 5. The third kappa shape index (κ3) is 4.42. The van der Waals surface area contributed by atoms with Gasteiger partial charge in [0, 0.05) is 24.9 Å². The zero-order valence-electron chi connectivity index (χ0n) is 24.2. The van der Waals surface area contributed by atoms with E-state index in [2.05, 4.69) is 10.3 Å². The Balaban J connectivity index is 1.36. The van der Waals surface area contributed by atoms with Crippen molar-refractivity contribution in [3.05, 3.63) is 77.6 Å². The Kier molecular flexibility index (Phi) is 7.17. The molecule has 2 saturated carbocycles. The number of aliphatic hydroxyl groups is 1. The minimum atomic E-state index is -2.75. The molecule has 3 aromatic rings. The summed E-state index contributed by atoms with van der Waals surface area (Å²) >= 11 is 0. The predicted molar refractivity (Wildman–Crippen MR) is 158 cm³/mol. The quantitative estimate of drug-likeness (QED) is 0.305. The number of fused-ring (bicyclic) bond motifs is 3. The maximum Gasteiger partial charge on any atom is 0.235 e. The lowest BCUT2D eigenvalue weighted by Gasteiger charge is -2.52. The summed E-state index contributed by atoms with van der Waals surface area (Å²) in [5.74, 6) is -10.6. The summed E-state index contributed by atoms with van der Waals surface area (Å²) in [5, 5.41) is 25.8. The molecule has 1 aromatic heterocycles. The molecule has 0 radical (unpaired) electrons. The normalized spacial score (nSPS) is 27.9. The number of benzene rings is 2. The maximum atomic E-state index is 14.0. The van der Waals surface area contributed by atoms with Crippen LogP contribution < -0.4 is 11.1 Å². The van der Waals surface area contributed by atoms with Gasteiger partial charge in [-0.3, -0.25) is 33.9 Å². The van der Waals surface area contributed by atoms with Crippen LogP contribution in [0.25, 0.3) is 11.1 Å². The van der Waals surface area contributed by atoms with Crippen molar-refractivity contribution in [3.63, 3.8) is 0 Å². The molecule has 6 rings (SSSR count). The summed E-state index contributed by atoms with van der Waals surface area (Å²) < 4.78 is 0. The number of anilines is 1. The van der Waals surface area contributed by atoms with Crippen LogP contribution in [0.3, 0.4) is 0 Å². The van der Waals surface area contributed by atoms with E-state index >= 15 is 0 Å². The van der Waals surface area contributed by atoms with Crippen LogP contribution in [-0.4, -0.2) is 74.9 Å². The van der Waals surface area contributed by atoms with Crippen LogP contribution in [0.2, 0.25) is 0 Å². The van der Waals surface area contributed by atoms with Crippen LogP contribution in [0.5, 0.6) is 5.75 Å². The summed E-state index contributed by atoms with van der Waals surface area (Å²) in [5.41, 5.74) is 6.55. The molecule has 0 saturated heterocycles. The van der Waals surface area contributed by atoms with Gasteiger partial charge in [-0.05, 0) is 73.3 Å². The minimum absolute atomic E-state index is 0.00204. The van der Waals surface area contributed by atoms with Crippen molar-refractivity contribution in [3.8, 4) is 16.9 Å². The number of rotatable bonds is 6. The predicted octanol–water partition coefficient (Wildman–Crippen LogP) is 1.54. The van der Waals surface area contributed by atoms with Crippen molar-refractivity contribution < 1.29 is 34.2 Å². The molecule has 6 atom stereocenters. The molecule has 2 aromatic carbocycles. The Hall–Kier alpha value is -4.74. The molecule has 11 heteroatoms. The molecule has 44 heavy (non-hydrogen) atoms. The largest absolute Gasteiger partial charge is 0.507 e. The number of Topliss-reactive ketones (excluding diaryl/α,β-unsaturated/α-hetero) is 4. The van der Waals surface area contributed by atoms with E-state index in [9.17, 15) is 34.2 Å². The lowest BCUT2D eigenvalue weighted by molar-refractivity contribution is -0.181. The number of phenols is 1. The zero-order valence-corrected chi connectivity index (χ0v) is 24.2. The Labute approximate surface area is 253 Å². The highest BCUT2D eigenvalue weighted by Gasteiger charge is 2.69. The number of likely N-dealkylation sites (N-methyl/N-ethyl adjacent to an activating group) is 1. The van der Waals surface area contributed by atoms with Gasteiger partial charge in [-0.2, -0.15) is 0 Å². The lowest BCUT2D eigenvalue weighted by atomic mass is 9.52. The fraction of sp³-hybridized carbons (Fsp3) is 0.333. The van der Waals surface area contributed by atoms with Crippen molar-refractivity contribution in [2.45, 2.75) is 31.0 Å². The SMILES string of the molecule is CN(C)[C@H]1C(=O)C(C(N)=O)C(=O)[C@]2(O)C(=O)C3C(=O)c4c(O)ccc(-c5ccc(CNc6cccnc6)cc5)c4C[C@@H]3C[C@H]12. The van der Waals surface area contributed by atoms with E-state index in [1.54, 1.807) is 32.6 Å². The van der Waals surface area contributed by atoms with E-state index in [-0.39, 0.29) is 24.2 Å². The molecular formula is C33H32N4O7. The Bertz CT molecular complexity index is 1700. The molecule has 226 valence electrons. The number of pyridine rings is 1. The van der Waals surface area contributed by atoms with Gasteiger partial charge in [0.15, 0.2) is 34.7 Å². The molecule has 0 spiro atoms. The standard InChI is InChI=1S/C33H32N4O7/c1-37(2)27-22-13-18-12-21-20(17-7-5-16(6-8-17)14-36-19-4-3-11-35-15-19)9-10-23(38)25(21)28(39)24(18)30(41)33(22,44)31(42)26(29(27)40)32(34)43/h3-11,15,18,22,24,26-27,36,38,44H,12-14H2,1-2H3,(H2,34,43)/t18-,22-,24?,26?,27-,33-/m1/s1. The van der Waals surface area contributed by atoms with Gasteiger partial charge in [0.1, 0.15) is 5.75 Å². The fourth-order valence-electron chi connectivity index (χ4n) is 7.35. The van der Waals surface area contributed by atoms with Gasteiger partial charge >= 0.3 is 0 Å². The Morgan fingerprint density at radius 2 is 1.80 bits per heavy atom. The first kappa shape index (κ1) is 29.3. The number of phenolic OH excluding ortho intramolecular Hbond substituents is 1. The van der Waals surface area contributed by atoms with Gasteiger partial charge in [-0.15, -0.1) is 0 Å². The number of nitrogens with two attached hydrogens (primary N) is 1. The van der Waals surface area contributed by atoms with E-state index in [0.717, 1.165) is 16.8 Å². The van der Waals surface area contributed by atoms with E-state index in [0.29, 0.717) is 17.7 Å². The number of amides is 1. The first-order valence-corrected chi connectivity index (χ1v) is 14.4. The molecule has 11 nitrogen and oxygen atoms in total. The molecule has 2 unspecified atom stereocenters. The Morgan fingerprint density at radius 1 is 1.07 bits per heavy atom. The van der Waals surface area contributed by atoms with Gasteiger partial charge in [0.2, 0.25) is 5.91 Å². The highest BCUT2D eigenvalue weighted by atomic mass is 16.3. The average Bonchev–Trinajstić information content (AvgIpc) is 2.98. The zero-order chi connectivity index (χ0) is 31.5. The summed E-state index contributed by atoms with van der Waals surface area (Å²) in [6.45, 7) is 0.565.